The first kappa shape index (κ1) is 21.3. The Hall–Kier alpha value is -2.94. The van der Waals surface area contributed by atoms with Gasteiger partial charge in [0.05, 0.1) is 29.2 Å². The summed E-state index contributed by atoms with van der Waals surface area (Å²) in [6.07, 6.45) is 8.04. The largest absolute Gasteiger partial charge is 0.334 e. The lowest BCUT2D eigenvalue weighted by atomic mass is 9.88. The van der Waals surface area contributed by atoms with Crippen molar-refractivity contribution in [2.75, 3.05) is 19.6 Å². The van der Waals surface area contributed by atoms with Crippen LogP contribution >= 0.6 is 11.6 Å². The van der Waals surface area contributed by atoms with E-state index in [-0.39, 0.29) is 48.7 Å². The van der Waals surface area contributed by atoms with Crippen molar-refractivity contribution >= 4 is 41.1 Å². The number of rotatable bonds is 4. The second-order valence-electron chi connectivity index (χ2n) is 8.12. The molecule has 4 rings (SSSR count). The fourth-order valence-corrected chi connectivity index (χ4v) is 4.45. The number of hydrogen-bond donors (Lipinski definition) is 3. The van der Waals surface area contributed by atoms with Gasteiger partial charge in [0.15, 0.2) is 0 Å². The quantitative estimate of drug-likeness (QED) is 0.549. The maximum absolute atomic E-state index is 12.9. The minimum atomic E-state index is -0.605. The summed E-state index contributed by atoms with van der Waals surface area (Å²) in [7, 11) is 0. The number of likely N-dealkylation sites (tertiary alicyclic amines) is 1. The molecule has 2 fully saturated rings. The minimum absolute atomic E-state index is 0.0221. The molecule has 3 aliphatic heterocycles. The van der Waals surface area contributed by atoms with Crippen LogP contribution in [-0.4, -0.2) is 66.1 Å². The number of halogens is 1. The van der Waals surface area contributed by atoms with Crippen LogP contribution in [0.5, 0.6) is 0 Å². The number of allylic oxidation sites excluding steroid dienone is 1. The van der Waals surface area contributed by atoms with Gasteiger partial charge in [-0.2, -0.15) is 0 Å². The van der Waals surface area contributed by atoms with E-state index in [1.165, 1.54) is 0 Å². The van der Waals surface area contributed by atoms with Gasteiger partial charge in [0, 0.05) is 25.4 Å². The summed E-state index contributed by atoms with van der Waals surface area (Å²) in [6.45, 7) is 2.96. The van der Waals surface area contributed by atoms with Crippen molar-refractivity contribution in [3.8, 4) is 0 Å². The Bertz CT molecular complexity index is 953. The van der Waals surface area contributed by atoms with Crippen LogP contribution < -0.4 is 16.0 Å². The number of carbonyl (C=O) groups is 4. The lowest BCUT2D eigenvalue weighted by Crippen LogP contribution is -2.53. The van der Waals surface area contributed by atoms with Crippen molar-refractivity contribution < 1.29 is 19.2 Å². The standard InChI is InChI=1S/C21H24ClN5O4/c1-11-16(22)7-14(9-23-11)25-21(31)24-8-12-2-3-13-10-27(20(30)15(13)6-12)17-4-5-18(28)26-19(17)29/h2-3,6-7,13-15,17H,4-5,8-10H2,1H3,(H2,24,25,31)(H,26,28,29). The molecule has 4 atom stereocenters. The monoisotopic (exact) mass is 445 g/mol. The number of dihydropyridines is 1. The van der Waals surface area contributed by atoms with E-state index < -0.39 is 11.9 Å². The second-order valence-corrected chi connectivity index (χ2v) is 8.53. The Morgan fingerprint density at radius 3 is 2.87 bits per heavy atom. The van der Waals surface area contributed by atoms with Gasteiger partial charge in [0.2, 0.25) is 17.7 Å². The molecule has 164 valence electrons. The molecular weight excluding hydrogens is 422 g/mol. The third-order valence-corrected chi connectivity index (χ3v) is 6.36. The predicted octanol–water partition coefficient (Wildman–Crippen LogP) is 0.627. The van der Waals surface area contributed by atoms with Gasteiger partial charge >= 0.3 is 6.03 Å². The molecule has 0 saturated carbocycles. The highest BCUT2D eigenvalue weighted by molar-refractivity contribution is 6.43. The minimum Gasteiger partial charge on any atom is -0.334 e. The summed E-state index contributed by atoms with van der Waals surface area (Å²) in [5.74, 6) is -1.23. The summed E-state index contributed by atoms with van der Waals surface area (Å²) in [5.41, 5.74) is 1.57. The van der Waals surface area contributed by atoms with Crippen molar-refractivity contribution in [2.24, 2.45) is 16.8 Å². The predicted molar refractivity (Wildman–Crippen MR) is 114 cm³/mol. The van der Waals surface area contributed by atoms with E-state index >= 15 is 0 Å². The highest BCUT2D eigenvalue weighted by Crippen LogP contribution is 2.34. The Labute approximate surface area is 184 Å². The highest BCUT2D eigenvalue weighted by atomic mass is 35.5. The molecule has 0 aromatic carbocycles. The van der Waals surface area contributed by atoms with Crippen LogP contribution in [0.1, 0.15) is 19.8 Å². The number of nitrogens with one attached hydrogen (secondary N) is 3. The van der Waals surface area contributed by atoms with Crippen molar-refractivity contribution in [1.82, 2.24) is 20.9 Å². The Balaban J connectivity index is 1.32. The Morgan fingerprint density at radius 2 is 2.13 bits per heavy atom. The number of aliphatic imine (C=N–C) groups is 1. The molecule has 3 N–H and O–H groups in total. The molecule has 2 saturated heterocycles. The van der Waals surface area contributed by atoms with Crippen LogP contribution in [-0.2, 0) is 14.4 Å². The topological polar surface area (TPSA) is 120 Å². The molecule has 10 heteroatoms. The van der Waals surface area contributed by atoms with Crippen molar-refractivity contribution in [3.05, 3.63) is 34.9 Å². The zero-order valence-electron chi connectivity index (χ0n) is 17.1. The first-order valence-electron chi connectivity index (χ1n) is 10.3. The van der Waals surface area contributed by atoms with Gasteiger partial charge in [0.1, 0.15) is 6.04 Å². The molecule has 3 heterocycles. The molecule has 0 spiro atoms. The smallest absolute Gasteiger partial charge is 0.315 e. The summed E-state index contributed by atoms with van der Waals surface area (Å²) < 4.78 is 0. The normalized spacial score (nSPS) is 30.2. The molecule has 5 amide bonds. The molecule has 1 aliphatic carbocycles. The number of amides is 5. The SMILES string of the molecule is CC1=NCC(NC(=O)NCC2=CC3C(=O)N(C4CCC(=O)NC4=O)CC3C=C2)C=C1Cl. The van der Waals surface area contributed by atoms with Crippen LogP contribution in [0.25, 0.3) is 0 Å². The van der Waals surface area contributed by atoms with Crippen LogP contribution in [0.15, 0.2) is 39.9 Å². The van der Waals surface area contributed by atoms with Crippen molar-refractivity contribution in [2.45, 2.75) is 31.8 Å². The number of hydrogen-bond acceptors (Lipinski definition) is 5. The van der Waals surface area contributed by atoms with Gasteiger partial charge in [-0.3, -0.25) is 24.7 Å². The maximum Gasteiger partial charge on any atom is 0.315 e. The first-order chi connectivity index (χ1) is 14.8. The van der Waals surface area contributed by atoms with Gasteiger partial charge in [-0.1, -0.05) is 29.8 Å². The molecule has 0 aromatic heterocycles. The van der Waals surface area contributed by atoms with E-state index in [0.717, 1.165) is 11.3 Å². The Kier molecular flexibility index (Phi) is 5.95. The van der Waals surface area contributed by atoms with Gasteiger partial charge in [0.25, 0.3) is 0 Å². The molecular formula is C21H24ClN5O4. The molecule has 9 nitrogen and oxygen atoms in total. The maximum atomic E-state index is 12.9. The third-order valence-electron chi connectivity index (χ3n) is 5.96. The van der Waals surface area contributed by atoms with Gasteiger partial charge < -0.3 is 15.5 Å². The number of nitrogens with zero attached hydrogens (tertiary/aromatic N) is 2. The lowest BCUT2D eigenvalue weighted by molar-refractivity contribution is -0.144. The summed E-state index contributed by atoms with van der Waals surface area (Å²) in [6, 6.07) is -1.22. The highest BCUT2D eigenvalue weighted by Gasteiger charge is 2.45. The van der Waals surface area contributed by atoms with Gasteiger partial charge in [-0.25, -0.2) is 4.79 Å². The zero-order valence-corrected chi connectivity index (χ0v) is 17.8. The van der Waals surface area contributed by atoms with E-state index in [0.29, 0.717) is 24.5 Å². The zero-order chi connectivity index (χ0) is 22.1. The average molecular weight is 446 g/mol. The molecule has 4 aliphatic rings. The van der Waals surface area contributed by atoms with E-state index in [2.05, 4.69) is 20.9 Å². The Morgan fingerprint density at radius 1 is 1.32 bits per heavy atom. The van der Waals surface area contributed by atoms with E-state index in [4.69, 9.17) is 11.6 Å². The summed E-state index contributed by atoms with van der Waals surface area (Å²) in [5, 5.41) is 8.43. The number of carbonyl (C=O) groups excluding carboxylic acids is 4. The van der Waals surface area contributed by atoms with Gasteiger partial charge in [-0.15, -0.1) is 0 Å². The molecule has 31 heavy (non-hydrogen) atoms. The van der Waals surface area contributed by atoms with Crippen LogP contribution in [0.4, 0.5) is 4.79 Å². The molecule has 4 unspecified atom stereocenters. The summed E-state index contributed by atoms with van der Waals surface area (Å²) >= 11 is 6.06. The van der Waals surface area contributed by atoms with Crippen molar-refractivity contribution in [1.29, 1.82) is 0 Å². The fraction of sp³-hybridized carbons (Fsp3) is 0.476. The average Bonchev–Trinajstić information content (AvgIpc) is 3.05. The fourth-order valence-electron chi connectivity index (χ4n) is 4.24. The van der Waals surface area contributed by atoms with Crippen LogP contribution in [0.2, 0.25) is 0 Å². The molecule has 0 bridgehead atoms. The number of fused-ring (bicyclic) bond motifs is 1. The van der Waals surface area contributed by atoms with Gasteiger partial charge in [-0.05, 0) is 25.0 Å². The third kappa shape index (κ3) is 4.56. The van der Waals surface area contributed by atoms with Crippen molar-refractivity contribution in [3.63, 3.8) is 0 Å². The van der Waals surface area contributed by atoms with E-state index in [1.807, 2.05) is 25.2 Å². The summed E-state index contributed by atoms with van der Waals surface area (Å²) in [4.78, 5) is 54.5. The lowest BCUT2D eigenvalue weighted by Gasteiger charge is -2.29. The van der Waals surface area contributed by atoms with Crippen LogP contribution in [0.3, 0.4) is 0 Å². The van der Waals surface area contributed by atoms with E-state index in [9.17, 15) is 19.2 Å². The second kappa shape index (κ2) is 8.66. The molecule has 0 radical (unpaired) electrons. The molecule has 0 aromatic rings. The first-order valence-corrected chi connectivity index (χ1v) is 10.7. The van der Waals surface area contributed by atoms with E-state index in [1.54, 1.807) is 11.0 Å². The van der Waals surface area contributed by atoms with Crippen LogP contribution in [0, 0.1) is 11.8 Å². The number of urea groups is 1. The number of imide groups is 1. The number of piperidine rings is 1.